The molecule has 1 rings (SSSR count). The molecule has 1 unspecified atom stereocenters. The summed E-state index contributed by atoms with van der Waals surface area (Å²) in [5.41, 5.74) is 0. The topological polar surface area (TPSA) is 35.6 Å². The van der Waals surface area contributed by atoms with E-state index < -0.39 is 0 Å². The number of carbonyl (C=O) groups excluding carboxylic acids is 1. The minimum Gasteiger partial charge on any atom is -0.326 e. The molecule has 88 valence electrons. The van der Waals surface area contributed by atoms with Gasteiger partial charge in [-0.25, -0.2) is 0 Å². The van der Waals surface area contributed by atoms with Gasteiger partial charge in [-0.1, -0.05) is 13.8 Å². The highest BCUT2D eigenvalue weighted by atomic mass is 16.2. The Balaban J connectivity index is 2.39. The van der Waals surface area contributed by atoms with Gasteiger partial charge in [0.05, 0.1) is 12.7 Å². The summed E-state index contributed by atoms with van der Waals surface area (Å²) < 4.78 is 0. The molecule has 1 fully saturated rings. The first-order chi connectivity index (χ1) is 7.02. The fourth-order valence-corrected chi connectivity index (χ4v) is 1.98. The van der Waals surface area contributed by atoms with E-state index in [1.165, 1.54) is 0 Å². The second-order valence-electron chi connectivity index (χ2n) is 4.81. The molecule has 0 bridgehead atoms. The van der Waals surface area contributed by atoms with Crippen molar-refractivity contribution in [2.45, 2.75) is 26.4 Å². The zero-order chi connectivity index (χ0) is 11.4. The Morgan fingerprint density at radius 3 is 2.73 bits per heavy atom. The van der Waals surface area contributed by atoms with Crippen LogP contribution in [0.3, 0.4) is 0 Å². The van der Waals surface area contributed by atoms with E-state index >= 15 is 0 Å². The number of carbonyl (C=O) groups is 1. The average molecular weight is 213 g/mol. The zero-order valence-corrected chi connectivity index (χ0v) is 10.3. The van der Waals surface area contributed by atoms with Gasteiger partial charge in [0.2, 0.25) is 5.91 Å². The van der Waals surface area contributed by atoms with E-state index in [1.54, 1.807) is 0 Å². The maximum atomic E-state index is 11.6. The van der Waals surface area contributed by atoms with Crippen molar-refractivity contribution in [3.8, 4) is 0 Å². The smallest absolute Gasteiger partial charge is 0.237 e. The highest BCUT2D eigenvalue weighted by Gasteiger charge is 2.31. The number of nitrogens with zero attached hydrogens (tertiary/aromatic N) is 2. The number of nitrogens with one attached hydrogen (secondary N) is 1. The van der Waals surface area contributed by atoms with E-state index in [0.29, 0.717) is 12.5 Å². The van der Waals surface area contributed by atoms with E-state index in [4.69, 9.17) is 0 Å². The predicted molar refractivity (Wildman–Crippen MR) is 61.5 cm³/mol. The van der Waals surface area contributed by atoms with E-state index in [1.807, 2.05) is 4.90 Å². The molecule has 1 saturated heterocycles. The lowest BCUT2D eigenvalue weighted by molar-refractivity contribution is -0.128. The van der Waals surface area contributed by atoms with Crippen LogP contribution < -0.4 is 5.32 Å². The van der Waals surface area contributed by atoms with Crippen LogP contribution in [0.1, 0.15) is 20.3 Å². The molecule has 0 radical (unpaired) electrons. The molecule has 0 aromatic carbocycles. The monoisotopic (exact) mass is 213 g/mol. The molecule has 4 nitrogen and oxygen atoms in total. The minimum atomic E-state index is 0.236. The van der Waals surface area contributed by atoms with Crippen LogP contribution in [0.15, 0.2) is 0 Å². The molecule has 4 heteroatoms. The van der Waals surface area contributed by atoms with Gasteiger partial charge in [-0.2, -0.15) is 0 Å². The highest BCUT2D eigenvalue weighted by Crippen LogP contribution is 2.13. The largest absolute Gasteiger partial charge is 0.326 e. The van der Waals surface area contributed by atoms with Crippen LogP contribution in [0.5, 0.6) is 0 Å². The van der Waals surface area contributed by atoms with Crippen LogP contribution >= 0.6 is 0 Å². The van der Waals surface area contributed by atoms with Crippen molar-refractivity contribution in [3.63, 3.8) is 0 Å². The quantitative estimate of drug-likeness (QED) is 0.716. The fourth-order valence-electron chi connectivity index (χ4n) is 1.98. The third-order valence-electron chi connectivity index (χ3n) is 2.75. The molecule has 0 aromatic heterocycles. The molecule has 0 spiro atoms. The van der Waals surface area contributed by atoms with Crippen LogP contribution in [0, 0.1) is 5.92 Å². The molecule has 0 aliphatic carbocycles. The molecular formula is C11H23N3O. The summed E-state index contributed by atoms with van der Waals surface area (Å²) >= 11 is 0. The van der Waals surface area contributed by atoms with Crippen molar-refractivity contribution < 1.29 is 4.79 Å². The summed E-state index contributed by atoms with van der Waals surface area (Å²) in [5, 5.41) is 3.26. The third-order valence-corrected chi connectivity index (χ3v) is 2.75. The molecule has 1 atom stereocenters. The summed E-state index contributed by atoms with van der Waals surface area (Å²) in [6.45, 7) is 6.71. The Hall–Kier alpha value is -0.610. The molecule has 1 amide bonds. The summed E-state index contributed by atoms with van der Waals surface area (Å²) in [5.74, 6) is 0.725. The molecule has 1 aliphatic heterocycles. The first kappa shape index (κ1) is 12.5. The summed E-state index contributed by atoms with van der Waals surface area (Å²) in [6.07, 6.45) is 1.28. The van der Waals surface area contributed by atoms with Crippen molar-refractivity contribution in [3.05, 3.63) is 0 Å². The lowest BCUT2D eigenvalue weighted by Gasteiger charge is -2.27. The van der Waals surface area contributed by atoms with Crippen molar-refractivity contribution >= 4 is 5.91 Å². The molecule has 1 heterocycles. The minimum absolute atomic E-state index is 0.236. The van der Waals surface area contributed by atoms with Gasteiger partial charge in [0.25, 0.3) is 0 Å². The Bertz CT molecular complexity index is 216. The van der Waals surface area contributed by atoms with Crippen LogP contribution in [-0.4, -0.2) is 55.6 Å². The summed E-state index contributed by atoms with van der Waals surface area (Å²) in [6, 6.07) is 0. The number of hydrogen-bond donors (Lipinski definition) is 1. The molecule has 0 aromatic rings. The standard InChI is InChI=1S/C11H23N3O/c1-9(2)11-12-8-10(15)14(11)7-5-6-13(3)4/h9,11-12H,5-8H2,1-4H3. The van der Waals surface area contributed by atoms with Crippen LogP contribution in [0.4, 0.5) is 0 Å². The summed E-state index contributed by atoms with van der Waals surface area (Å²) in [7, 11) is 4.12. The summed E-state index contributed by atoms with van der Waals surface area (Å²) in [4.78, 5) is 15.7. The van der Waals surface area contributed by atoms with E-state index in [2.05, 4.69) is 38.2 Å². The molecular weight excluding hydrogens is 190 g/mol. The van der Waals surface area contributed by atoms with Gasteiger partial charge in [0.15, 0.2) is 0 Å². The number of amides is 1. The van der Waals surface area contributed by atoms with Crippen molar-refractivity contribution in [2.75, 3.05) is 33.7 Å². The van der Waals surface area contributed by atoms with Gasteiger partial charge in [0, 0.05) is 6.54 Å². The maximum Gasteiger partial charge on any atom is 0.237 e. The van der Waals surface area contributed by atoms with Gasteiger partial charge in [0.1, 0.15) is 0 Å². The second kappa shape index (κ2) is 5.47. The van der Waals surface area contributed by atoms with Gasteiger partial charge < -0.3 is 9.80 Å². The maximum absolute atomic E-state index is 11.6. The Labute approximate surface area is 92.6 Å². The first-order valence-electron chi connectivity index (χ1n) is 5.70. The van der Waals surface area contributed by atoms with Gasteiger partial charge in [-0.3, -0.25) is 10.1 Å². The van der Waals surface area contributed by atoms with Gasteiger partial charge in [-0.05, 0) is 33.0 Å². The van der Waals surface area contributed by atoms with Crippen LogP contribution in [0.2, 0.25) is 0 Å². The van der Waals surface area contributed by atoms with Crippen LogP contribution in [0.25, 0.3) is 0 Å². The fraction of sp³-hybridized carbons (Fsp3) is 0.909. The lowest BCUT2D eigenvalue weighted by atomic mass is 10.1. The lowest BCUT2D eigenvalue weighted by Crippen LogP contribution is -2.42. The average Bonchev–Trinajstić information content (AvgIpc) is 2.47. The molecule has 1 N–H and O–H groups in total. The Morgan fingerprint density at radius 2 is 2.20 bits per heavy atom. The Kier molecular flexibility index (Phi) is 4.54. The molecule has 0 saturated carbocycles. The molecule has 15 heavy (non-hydrogen) atoms. The van der Waals surface area contributed by atoms with E-state index in [9.17, 15) is 4.79 Å². The van der Waals surface area contributed by atoms with Crippen molar-refractivity contribution in [1.82, 2.24) is 15.1 Å². The SMILES string of the molecule is CC(C)C1NCC(=O)N1CCCN(C)C. The number of hydrogen-bond acceptors (Lipinski definition) is 3. The predicted octanol–water partition coefficient (Wildman–Crippen LogP) is 0.352. The van der Waals surface area contributed by atoms with E-state index in [0.717, 1.165) is 19.5 Å². The van der Waals surface area contributed by atoms with Crippen molar-refractivity contribution in [1.29, 1.82) is 0 Å². The molecule has 1 aliphatic rings. The van der Waals surface area contributed by atoms with Gasteiger partial charge in [-0.15, -0.1) is 0 Å². The van der Waals surface area contributed by atoms with Gasteiger partial charge >= 0.3 is 0 Å². The first-order valence-corrected chi connectivity index (χ1v) is 5.70. The van der Waals surface area contributed by atoms with E-state index in [-0.39, 0.29) is 12.1 Å². The third kappa shape index (κ3) is 3.47. The zero-order valence-electron chi connectivity index (χ0n) is 10.3. The number of rotatable bonds is 5. The second-order valence-corrected chi connectivity index (χ2v) is 4.81. The Morgan fingerprint density at radius 1 is 1.53 bits per heavy atom. The van der Waals surface area contributed by atoms with Crippen LogP contribution in [-0.2, 0) is 4.79 Å². The van der Waals surface area contributed by atoms with Crippen molar-refractivity contribution in [2.24, 2.45) is 5.92 Å². The normalized spacial score (nSPS) is 22.1. The highest BCUT2D eigenvalue weighted by molar-refractivity contribution is 5.80.